The fraction of sp³-hybridized carbons (Fsp3) is 0.235. The number of carbonyl (C=O) groups excluding carboxylic acids is 1. The highest BCUT2D eigenvalue weighted by Crippen LogP contribution is 2.24. The first kappa shape index (κ1) is 13.5. The maximum absolute atomic E-state index is 12.3. The number of nitrogens with zero attached hydrogens (tertiary/aromatic N) is 1. The third-order valence-electron chi connectivity index (χ3n) is 3.74. The van der Waals surface area contributed by atoms with Crippen LogP contribution in [0.3, 0.4) is 0 Å². The highest BCUT2D eigenvalue weighted by atomic mass is 16.5. The molecule has 0 saturated heterocycles. The second-order valence-electron chi connectivity index (χ2n) is 5.10. The highest BCUT2D eigenvalue weighted by molar-refractivity contribution is 5.89. The molecule has 2 aromatic rings. The summed E-state index contributed by atoms with van der Waals surface area (Å²) in [5.74, 6) is 0.871. The number of hydrogen-bond donors (Lipinski definition) is 1. The lowest BCUT2D eigenvalue weighted by molar-refractivity contribution is 0.206. The molecular formula is C17H18N2O2. The van der Waals surface area contributed by atoms with Crippen LogP contribution < -0.4 is 10.1 Å². The number of hydrogen-bond acceptors (Lipinski definition) is 2. The van der Waals surface area contributed by atoms with Crippen molar-refractivity contribution in [1.29, 1.82) is 0 Å². The van der Waals surface area contributed by atoms with E-state index in [1.54, 1.807) is 7.11 Å². The lowest BCUT2D eigenvalue weighted by Crippen LogP contribution is -2.38. The molecule has 0 unspecified atom stereocenters. The molecule has 0 bridgehead atoms. The van der Waals surface area contributed by atoms with Crippen LogP contribution in [0, 0.1) is 0 Å². The molecule has 1 N–H and O–H groups in total. The Morgan fingerprint density at radius 2 is 1.95 bits per heavy atom. The summed E-state index contributed by atoms with van der Waals surface area (Å²) in [5.41, 5.74) is 3.27. The van der Waals surface area contributed by atoms with Crippen LogP contribution in [-0.4, -0.2) is 24.6 Å². The van der Waals surface area contributed by atoms with Gasteiger partial charge in [0.25, 0.3) is 0 Å². The van der Waals surface area contributed by atoms with Crippen LogP contribution in [0.1, 0.15) is 11.1 Å². The van der Waals surface area contributed by atoms with Crippen molar-refractivity contribution in [2.24, 2.45) is 0 Å². The average Bonchev–Trinajstić information content (AvgIpc) is 2.54. The van der Waals surface area contributed by atoms with Gasteiger partial charge in [-0.1, -0.05) is 24.3 Å². The van der Waals surface area contributed by atoms with Crippen LogP contribution in [-0.2, 0) is 13.0 Å². The van der Waals surface area contributed by atoms with E-state index in [2.05, 4.69) is 11.4 Å². The maximum atomic E-state index is 12.3. The zero-order valence-electron chi connectivity index (χ0n) is 12.0. The number of methoxy groups -OCH3 is 1. The Balaban J connectivity index is 1.69. The molecule has 108 valence electrons. The number of fused-ring (bicyclic) bond motifs is 1. The third kappa shape index (κ3) is 2.99. The smallest absolute Gasteiger partial charge is 0.322 e. The predicted octanol–water partition coefficient (Wildman–Crippen LogP) is 3.29. The van der Waals surface area contributed by atoms with Crippen LogP contribution in [0.25, 0.3) is 0 Å². The molecule has 0 radical (unpaired) electrons. The van der Waals surface area contributed by atoms with Crippen molar-refractivity contribution in [2.45, 2.75) is 13.0 Å². The lowest BCUT2D eigenvalue weighted by atomic mass is 10.00. The summed E-state index contributed by atoms with van der Waals surface area (Å²) in [4.78, 5) is 14.1. The zero-order valence-corrected chi connectivity index (χ0v) is 12.0. The van der Waals surface area contributed by atoms with Crippen molar-refractivity contribution in [3.63, 3.8) is 0 Å². The molecule has 1 aliphatic rings. The van der Waals surface area contributed by atoms with Crippen LogP contribution in [0.15, 0.2) is 48.5 Å². The maximum Gasteiger partial charge on any atom is 0.322 e. The summed E-state index contributed by atoms with van der Waals surface area (Å²) in [6.07, 6.45) is 0.856. The highest BCUT2D eigenvalue weighted by Gasteiger charge is 2.21. The molecule has 2 aromatic carbocycles. The molecule has 1 aliphatic heterocycles. The molecular weight excluding hydrogens is 264 g/mol. The first-order valence-electron chi connectivity index (χ1n) is 7.03. The van der Waals surface area contributed by atoms with E-state index in [1.165, 1.54) is 11.1 Å². The number of anilines is 1. The van der Waals surface area contributed by atoms with Gasteiger partial charge in [0.2, 0.25) is 0 Å². The van der Waals surface area contributed by atoms with Crippen LogP contribution in [0.4, 0.5) is 10.5 Å². The van der Waals surface area contributed by atoms with Gasteiger partial charge in [0.15, 0.2) is 0 Å². The van der Waals surface area contributed by atoms with Crippen molar-refractivity contribution in [2.75, 3.05) is 19.0 Å². The van der Waals surface area contributed by atoms with Gasteiger partial charge < -0.3 is 15.0 Å². The summed E-state index contributed by atoms with van der Waals surface area (Å²) in [6.45, 7) is 1.36. The largest absolute Gasteiger partial charge is 0.497 e. The van der Waals surface area contributed by atoms with E-state index in [9.17, 15) is 4.79 Å². The summed E-state index contributed by atoms with van der Waals surface area (Å²) < 4.78 is 5.24. The van der Waals surface area contributed by atoms with Crippen molar-refractivity contribution >= 4 is 11.7 Å². The molecule has 0 saturated carbocycles. The number of rotatable bonds is 2. The summed E-state index contributed by atoms with van der Waals surface area (Å²) >= 11 is 0. The normalized spacial score (nSPS) is 13.5. The van der Waals surface area contributed by atoms with Gasteiger partial charge in [-0.15, -0.1) is 0 Å². The van der Waals surface area contributed by atoms with Gasteiger partial charge in [-0.05, 0) is 41.8 Å². The van der Waals surface area contributed by atoms with E-state index in [0.29, 0.717) is 6.54 Å². The van der Waals surface area contributed by atoms with Gasteiger partial charge in [0.05, 0.1) is 7.11 Å². The fourth-order valence-electron chi connectivity index (χ4n) is 2.55. The van der Waals surface area contributed by atoms with Gasteiger partial charge >= 0.3 is 6.03 Å². The van der Waals surface area contributed by atoms with Crippen LogP contribution >= 0.6 is 0 Å². The number of ether oxygens (including phenoxy) is 1. The van der Waals surface area contributed by atoms with Crippen molar-refractivity contribution in [3.05, 3.63) is 59.7 Å². The van der Waals surface area contributed by atoms with Crippen molar-refractivity contribution < 1.29 is 9.53 Å². The Morgan fingerprint density at radius 1 is 1.14 bits per heavy atom. The summed E-state index contributed by atoms with van der Waals surface area (Å²) in [5, 5.41) is 2.93. The third-order valence-corrected chi connectivity index (χ3v) is 3.74. The molecule has 2 amide bonds. The minimum atomic E-state index is -0.0531. The summed E-state index contributed by atoms with van der Waals surface area (Å²) in [6, 6.07) is 15.5. The molecule has 1 heterocycles. The minimum absolute atomic E-state index is 0.0531. The molecule has 3 rings (SSSR count). The van der Waals surface area contributed by atoms with Gasteiger partial charge in [-0.3, -0.25) is 0 Å². The van der Waals surface area contributed by atoms with Gasteiger partial charge in [-0.2, -0.15) is 0 Å². The number of carbonyl (C=O) groups is 1. The molecule has 0 aliphatic carbocycles. The number of para-hydroxylation sites is 1. The zero-order chi connectivity index (χ0) is 14.7. The SMILES string of the molecule is COc1ccc2c(c1)CCN(C(=O)Nc1ccccc1)C2. The van der Waals surface area contributed by atoms with E-state index in [-0.39, 0.29) is 6.03 Å². The quantitative estimate of drug-likeness (QED) is 0.918. The molecule has 0 atom stereocenters. The molecule has 0 fully saturated rings. The lowest BCUT2D eigenvalue weighted by Gasteiger charge is -2.29. The van der Waals surface area contributed by atoms with E-state index < -0.39 is 0 Å². The fourth-order valence-corrected chi connectivity index (χ4v) is 2.55. The molecule has 0 aromatic heterocycles. The van der Waals surface area contributed by atoms with E-state index >= 15 is 0 Å². The van der Waals surface area contributed by atoms with Gasteiger partial charge in [0, 0.05) is 18.8 Å². The molecule has 4 nitrogen and oxygen atoms in total. The topological polar surface area (TPSA) is 41.6 Å². The van der Waals surface area contributed by atoms with E-state index in [4.69, 9.17) is 4.74 Å². The van der Waals surface area contributed by atoms with Gasteiger partial charge in [-0.25, -0.2) is 4.79 Å². The number of urea groups is 1. The Labute approximate surface area is 124 Å². The van der Waals surface area contributed by atoms with Crippen molar-refractivity contribution in [3.8, 4) is 5.75 Å². The Bertz CT molecular complexity index is 640. The number of amides is 2. The standard InChI is InChI=1S/C17H18N2O2/c1-21-16-8-7-14-12-19(10-9-13(14)11-16)17(20)18-15-5-3-2-4-6-15/h2-8,11H,9-10,12H2,1H3,(H,18,20). The van der Waals surface area contributed by atoms with E-state index in [0.717, 1.165) is 24.4 Å². The molecule has 0 spiro atoms. The molecule has 21 heavy (non-hydrogen) atoms. The second kappa shape index (κ2) is 5.87. The number of benzene rings is 2. The Hall–Kier alpha value is -2.49. The number of nitrogens with one attached hydrogen (secondary N) is 1. The summed E-state index contributed by atoms with van der Waals surface area (Å²) in [7, 11) is 1.67. The first-order chi connectivity index (χ1) is 10.3. The van der Waals surface area contributed by atoms with Crippen LogP contribution in [0.2, 0.25) is 0 Å². The average molecular weight is 282 g/mol. The Kier molecular flexibility index (Phi) is 3.77. The predicted molar refractivity (Wildman–Crippen MR) is 82.6 cm³/mol. The monoisotopic (exact) mass is 282 g/mol. The first-order valence-corrected chi connectivity index (χ1v) is 7.03. The molecule has 4 heteroatoms. The second-order valence-corrected chi connectivity index (χ2v) is 5.10. The van der Waals surface area contributed by atoms with E-state index in [1.807, 2.05) is 47.4 Å². The van der Waals surface area contributed by atoms with Crippen molar-refractivity contribution in [1.82, 2.24) is 4.90 Å². The minimum Gasteiger partial charge on any atom is -0.497 e. The Morgan fingerprint density at radius 3 is 2.71 bits per heavy atom. The van der Waals surface area contributed by atoms with Gasteiger partial charge in [0.1, 0.15) is 5.75 Å². The van der Waals surface area contributed by atoms with Crippen LogP contribution in [0.5, 0.6) is 5.75 Å².